The lowest BCUT2D eigenvalue weighted by molar-refractivity contribution is 0.367. The summed E-state index contributed by atoms with van der Waals surface area (Å²) in [6.07, 6.45) is 4.05. The van der Waals surface area contributed by atoms with E-state index < -0.39 is 5.79 Å². The van der Waals surface area contributed by atoms with Crippen molar-refractivity contribution in [2.24, 2.45) is 10.7 Å². The highest BCUT2D eigenvalue weighted by Gasteiger charge is 2.31. The molecular weight excluding hydrogens is 286 g/mol. The lowest BCUT2D eigenvalue weighted by atomic mass is 10.0. The molecule has 0 aliphatic carbocycles. The molecular formula is C18H25N5. The van der Waals surface area contributed by atoms with Crippen molar-refractivity contribution in [2.45, 2.75) is 39.4 Å². The number of allylic oxidation sites excluding steroid dienone is 1. The van der Waals surface area contributed by atoms with Gasteiger partial charge in [-0.2, -0.15) is 5.26 Å². The highest BCUT2D eigenvalue weighted by molar-refractivity contribution is 5.94. The molecule has 0 bridgehead atoms. The molecule has 1 unspecified atom stereocenters. The number of benzene rings is 1. The summed E-state index contributed by atoms with van der Waals surface area (Å²) in [4.78, 5) is 6.96. The number of amidine groups is 1. The maximum absolute atomic E-state index is 8.95. The highest BCUT2D eigenvalue weighted by Crippen LogP contribution is 2.25. The molecule has 3 N–H and O–H groups in total. The van der Waals surface area contributed by atoms with E-state index in [2.05, 4.69) is 43.1 Å². The number of nitrogens with zero attached hydrogens (tertiary/aromatic N) is 3. The molecule has 0 saturated carbocycles. The first-order valence-corrected chi connectivity index (χ1v) is 8.19. The summed E-state index contributed by atoms with van der Waals surface area (Å²) in [7, 11) is 0. The molecule has 122 valence electrons. The third kappa shape index (κ3) is 3.72. The third-order valence-corrected chi connectivity index (χ3v) is 4.01. The molecule has 1 aliphatic heterocycles. The van der Waals surface area contributed by atoms with Gasteiger partial charge in [0.2, 0.25) is 5.79 Å². The average molecular weight is 311 g/mol. The predicted molar refractivity (Wildman–Crippen MR) is 93.5 cm³/mol. The SMILES string of the molecule is CCCC1=CC(N(CC)CC)=NC(N)(c2ccc(C#N)cc2)N1. The first-order valence-electron chi connectivity index (χ1n) is 8.19. The van der Waals surface area contributed by atoms with Gasteiger partial charge in [0.15, 0.2) is 0 Å². The fourth-order valence-electron chi connectivity index (χ4n) is 2.73. The average Bonchev–Trinajstić information content (AvgIpc) is 2.56. The van der Waals surface area contributed by atoms with Crippen LogP contribution in [0, 0.1) is 11.3 Å². The Morgan fingerprint density at radius 3 is 2.39 bits per heavy atom. The van der Waals surface area contributed by atoms with E-state index in [9.17, 15) is 0 Å². The van der Waals surface area contributed by atoms with Crippen LogP contribution in [-0.4, -0.2) is 23.8 Å². The Morgan fingerprint density at radius 2 is 1.87 bits per heavy atom. The number of aliphatic imine (C=N–C) groups is 1. The molecule has 5 heteroatoms. The van der Waals surface area contributed by atoms with Gasteiger partial charge < -0.3 is 10.2 Å². The minimum absolute atomic E-state index is 0.616. The van der Waals surface area contributed by atoms with E-state index in [-0.39, 0.29) is 0 Å². The van der Waals surface area contributed by atoms with Crippen molar-refractivity contribution in [3.05, 3.63) is 47.2 Å². The molecule has 0 amide bonds. The van der Waals surface area contributed by atoms with Gasteiger partial charge in [-0.05, 0) is 38.5 Å². The van der Waals surface area contributed by atoms with Crippen molar-refractivity contribution in [1.29, 1.82) is 5.26 Å². The van der Waals surface area contributed by atoms with Crippen LogP contribution < -0.4 is 11.1 Å². The van der Waals surface area contributed by atoms with E-state index in [0.717, 1.165) is 43.0 Å². The maximum Gasteiger partial charge on any atom is 0.211 e. The van der Waals surface area contributed by atoms with Crippen LogP contribution in [0.3, 0.4) is 0 Å². The Bertz CT molecular complexity index is 634. The Hall–Kier alpha value is -2.32. The summed E-state index contributed by atoms with van der Waals surface area (Å²) < 4.78 is 0. The lowest BCUT2D eigenvalue weighted by Gasteiger charge is -2.36. The maximum atomic E-state index is 8.95. The van der Waals surface area contributed by atoms with Crippen molar-refractivity contribution in [1.82, 2.24) is 10.2 Å². The summed E-state index contributed by atoms with van der Waals surface area (Å²) in [5.74, 6) is -0.0883. The first kappa shape index (κ1) is 17.0. The van der Waals surface area contributed by atoms with E-state index >= 15 is 0 Å². The Balaban J connectivity index is 2.42. The van der Waals surface area contributed by atoms with Crippen molar-refractivity contribution in [3.63, 3.8) is 0 Å². The summed E-state index contributed by atoms with van der Waals surface area (Å²) in [5, 5.41) is 12.3. The Morgan fingerprint density at radius 1 is 1.22 bits per heavy atom. The third-order valence-electron chi connectivity index (χ3n) is 4.01. The molecule has 0 fully saturated rings. The summed E-state index contributed by atoms with van der Waals surface area (Å²) in [5.41, 5.74) is 9.14. The number of hydrogen-bond acceptors (Lipinski definition) is 5. The second-order valence-corrected chi connectivity index (χ2v) is 5.64. The molecule has 1 atom stereocenters. The number of nitriles is 1. The van der Waals surface area contributed by atoms with E-state index in [0.29, 0.717) is 5.56 Å². The fraction of sp³-hybridized carbons (Fsp3) is 0.444. The van der Waals surface area contributed by atoms with Gasteiger partial charge in [-0.25, -0.2) is 4.99 Å². The van der Waals surface area contributed by atoms with E-state index in [1.165, 1.54) is 0 Å². The molecule has 0 radical (unpaired) electrons. The van der Waals surface area contributed by atoms with Crippen LogP contribution in [0.2, 0.25) is 0 Å². The Labute approximate surface area is 138 Å². The molecule has 0 spiro atoms. The van der Waals surface area contributed by atoms with Crippen LogP contribution in [0.15, 0.2) is 41.0 Å². The minimum Gasteiger partial charge on any atom is -0.357 e. The van der Waals surface area contributed by atoms with Crippen molar-refractivity contribution in [2.75, 3.05) is 13.1 Å². The predicted octanol–water partition coefficient (Wildman–Crippen LogP) is 2.65. The van der Waals surface area contributed by atoms with Crippen LogP contribution in [0.25, 0.3) is 0 Å². The zero-order valence-electron chi connectivity index (χ0n) is 14.1. The normalized spacial score (nSPS) is 20.1. The van der Waals surface area contributed by atoms with Crippen LogP contribution in [0.5, 0.6) is 0 Å². The molecule has 0 aromatic heterocycles. The zero-order chi connectivity index (χ0) is 16.9. The van der Waals surface area contributed by atoms with Crippen LogP contribution >= 0.6 is 0 Å². The van der Waals surface area contributed by atoms with Gasteiger partial charge >= 0.3 is 0 Å². The fourth-order valence-corrected chi connectivity index (χ4v) is 2.73. The monoisotopic (exact) mass is 311 g/mol. The van der Waals surface area contributed by atoms with Gasteiger partial charge in [0.1, 0.15) is 5.84 Å². The van der Waals surface area contributed by atoms with Gasteiger partial charge in [-0.1, -0.05) is 25.5 Å². The molecule has 2 rings (SSSR count). The quantitative estimate of drug-likeness (QED) is 0.876. The number of nitrogens with two attached hydrogens (primary N) is 1. The standard InChI is InChI=1S/C18H25N5/c1-4-7-16-12-17(23(5-2)6-3)22-18(20,21-16)15-10-8-14(13-19)9-11-15/h8-12,21H,4-7,20H2,1-3H3. The van der Waals surface area contributed by atoms with Gasteiger partial charge in [-0.15, -0.1) is 0 Å². The number of nitrogens with one attached hydrogen (secondary N) is 1. The molecule has 1 aromatic carbocycles. The second-order valence-electron chi connectivity index (χ2n) is 5.64. The van der Waals surface area contributed by atoms with E-state index in [1.807, 2.05) is 12.1 Å². The molecule has 23 heavy (non-hydrogen) atoms. The number of likely N-dealkylation sites (N-methyl/N-ethyl adjacent to an activating group) is 1. The molecule has 1 aliphatic rings. The zero-order valence-corrected chi connectivity index (χ0v) is 14.1. The van der Waals surface area contributed by atoms with Crippen molar-refractivity contribution < 1.29 is 0 Å². The van der Waals surface area contributed by atoms with Crippen LogP contribution in [-0.2, 0) is 5.79 Å². The number of hydrogen-bond donors (Lipinski definition) is 2. The second kappa shape index (κ2) is 7.30. The molecule has 0 saturated heterocycles. The largest absolute Gasteiger partial charge is 0.357 e. The summed E-state index contributed by atoms with van der Waals surface area (Å²) in [6.45, 7) is 8.14. The Kier molecular flexibility index (Phi) is 5.41. The molecule has 1 heterocycles. The molecule has 1 aromatic rings. The molecule has 5 nitrogen and oxygen atoms in total. The summed E-state index contributed by atoms with van der Waals surface area (Å²) >= 11 is 0. The minimum atomic E-state index is -0.995. The first-order chi connectivity index (χ1) is 11.1. The van der Waals surface area contributed by atoms with Gasteiger partial charge in [-0.3, -0.25) is 5.73 Å². The van der Waals surface area contributed by atoms with Crippen molar-refractivity contribution in [3.8, 4) is 6.07 Å². The van der Waals surface area contributed by atoms with Crippen LogP contribution in [0.4, 0.5) is 0 Å². The van der Waals surface area contributed by atoms with E-state index in [4.69, 9.17) is 16.0 Å². The topological polar surface area (TPSA) is 77.4 Å². The van der Waals surface area contributed by atoms with Crippen LogP contribution in [0.1, 0.15) is 44.7 Å². The van der Waals surface area contributed by atoms with Crippen molar-refractivity contribution >= 4 is 5.84 Å². The van der Waals surface area contributed by atoms with E-state index in [1.54, 1.807) is 12.1 Å². The lowest BCUT2D eigenvalue weighted by Crippen LogP contribution is -2.52. The van der Waals surface area contributed by atoms with Gasteiger partial charge in [0, 0.05) is 24.4 Å². The highest BCUT2D eigenvalue weighted by atomic mass is 15.3. The smallest absolute Gasteiger partial charge is 0.211 e. The number of rotatable bonds is 5. The summed E-state index contributed by atoms with van der Waals surface area (Å²) in [6, 6.07) is 9.40. The van der Waals surface area contributed by atoms with Gasteiger partial charge in [0.05, 0.1) is 11.6 Å². The van der Waals surface area contributed by atoms with Gasteiger partial charge in [0.25, 0.3) is 0 Å².